The lowest BCUT2D eigenvalue weighted by atomic mass is 10.1. The van der Waals surface area contributed by atoms with Crippen LogP contribution in [-0.4, -0.2) is 50.3 Å². The molecule has 2 amide bonds. The molecule has 4 atom stereocenters. The number of piperidine rings is 1. The number of carbonyl (C=O) groups is 2. The van der Waals surface area contributed by atoms with E-state index >= 15 is 0 Å². The van der Waals surface area contributed by atoms with E-state index in [2.05, 4.69) is 10.3 Å². The van der Waals surface area contributed by atoms with E-state index in [1.807, 2.05) is 0 Å². The molecule has 1 aromatic carbocycles. The monoisotopic (exact) mass is 371 g/mol. The summed E-state index contributed by atoms with van der Waals surface area (Å²) >= 11 is 0. The van der Waals surface area contributed by atoms with Crippen LogP contribution in [0, 0.1) is 17.8 Å². The summed E-state index contributed by atoms with van der Waals surface area (Å²) in [7, 11) is 3.12. The van der Waals surface area contributed by atoms with E-state index in [0.29, 0.717) is 35.8 Å². The summed E-state index contributed by atoms with van der Waals surface area (Å²) in [5.41, 5.74) is 5.71. The topological polar surface area (TPSA) is 113 Å². The van der Waals surface area contributed by atoms with Crippen molar-refractivity contribution < 1.29 is 23.8 Å². The molecule has 27 heavy (non-hydrogen) atoms. The number of hydrogen-bond acceptors (Lipinski definition) is 6. The van der Waals surface area contributed by atoms with E-state index in [4.69, 9.17) is 19.9 Å². The maximum absolute atomic E-state index is 12.0. The minimum absolute atomic E-state index is 0.0252. The van der Waals surface area contributed by atoms with E-state index in [0.717, 1.165) is 5.39 Å². The molecule has 0 unspecified atom stereocenters. The van der Waals surface area contributed by atoms with Crippen molar-refractivity contribution in [3.8, 4) is 11.6 Å². The molecule has 8 heteroatoms. The number of carbonyl (C=O) groups excluding carboxylic acids is 2. The van der Waals surface area contributed by atoms with Crippen molar-refractivity contribution >= 4 is 22.6 Å². The fourth-order valence-corrected chi connectivity index (χ4v) is 4.07. The van der Waals surface area contributed by atoms with Crippen LogP contribution >= 0.6 is 0 Å². The first-order valence-electron chi connectivity index (χ1n) is 8.73. The van der Waals surface area contributed by atoms with Gasteiger partial charge in [-0.2, -0.15) is 0 Å². The Morgan fingerprint density at radius 3 is 2.81 bits per heavy atom. The Morgan fingerprint density at radius 2 is 2.11 bits per heavy atom. The Kier molecular flexibility index (Phi) is 4.35. The lowest BCUT2D eigenvalue weighted by Crippen LogP contribution is -2.37. The number of nitrogens with one attached hydrogen (secondary N) is 1. The van der Waals surface area contributed by atoms with E-state index in [9.17, 15) is 9.59 Å². The van der Waals surface area contributed by atoms with Crippen LogP contribution in [0.25, 0.3) is 10.8 Å². The molecule has 4 rings (SSSR count). The van der Waals surface area contributed by atoms with Crippen LogP contribution in [-0.2, 0) is 9.53 Å². The highest BCUT2D eigenvalue weighted by Gasteiger charge is 2.63. The average Bonchev–Trinajstić information content (AvgIpc) is 3.27. The van der Waals surface area contributed by atoms with Gasteiger partial charge in [-0.1, -0.05) is 0 Å². The molecule has 1 saturated heterocycles. The number of benzene rings is 1. The first kappa shape index (κ1) is 17.5. The Labute approximate surface area is 156 Å². The third-order valence-corrected chi connectivity index (χ3v) is 5.40. The molecule has 1 aromatic heterocycles. The molecule has 0 radical (unpaired) electrons. The second-order valence-electron chi connectivity index (χ2n) is 6.90. The number of methoxy groups -OCH3 is 2. The fourth-order valence-electron chi connectivity index (χ4n) is 4.07. The minimum atomic E-state index is -0.564. The van der Waals surface area contributed by atoms with Crippen molar-refractivity contribution in [3.05, 3.63) is 30.0 Å². The standard InChI is InChI=1S/C19H21N3O5/c1-25-7-12-15-13(22-18(24)16(12)15)8-27-19-10-6-14(26-2)11(17(20)23)5-9(10)3-4-21-19/h3-6,12-13,15-16H,7-8H2,1-2H3,(H2,20,23)(H,22,24)/t12-,13-,15-,16-/m1/s1. The third kappa shape index (κ3) is 2.95. The number of pyridine rings is 1. The lowest BCUT2D eigenvalue weighted by molar-refractivity contribution is -0.122. The summed E-state index contributed by atoms with van der Waals surface area (Å²) in [5.74, 6) is 0.810. The first-order valence-corrected chi connectivity index (χ1v) is 8.73. The first-order chi connectivity index (χ1) is 13.0. The molecule has 2 fully saturated rings. The molecular formula is C19H21N3O5. The predicted molar refractivity (Wildman–Crippen MR) is 96.6 cm³/mol. The van der Waals surface area contributed by atoms with Crippen molar-refractivity contribution in [2.24, 2.45) is 23.5 Å². The van der Waals surface area contributed by atoms with Gasteiger partial charge in [0.15, 0.2) is 0 Å². The highest BCUT2D eigenvalue weighted by atomic mass is 16.5. The minimum Gasteiger partial charge on any atom is -0.496 e. The largest absolute Gasteiger partial charge is 0.496 e. The van der Waals surface area contributed by atoms with Crippen LogP contribution in [0.5, 0.6) is 11.6 Å². The van der Waals surface area contributed by atoms with Crippen LogP contribution in [0.4, 0.5) is 0 Å². The van der Waals surface area contributed by atoms with E-state index < -0.39 is 5.91 Å². The summed E-state index contributed by atoms with van der Waals surface area (Å²) in [5, 5.41) is 4.46. The molecule has 2 aromatic rings. The van der Waals surface area contributed by atoms with Crippen LogP contribution in [0.3, 0.4) is 0 Å². The second-order valence-corrected chi connectivity index (χ2v) is 6.90. The van der Waals surface area contributed by atoms with Crippen molar-refractivity contribution in [1.29, 1.82) is 0 Å². The molecule has 142 valence electrons. The molecule has 2 heterocycles. The van der Waals surface area contributed by atoms with Gasteiger partial charge in [-0.3, -0.25) is 9.59 Å². The number of rotatable bonds is 7. The maximum atomic E-state index is 12.0. The van der Waals surface area contributed by atoms with Gasteiger partial charge in [0.05, 0.1) is 25.3 Å². The average molecular weight is 371 g/mol. The van der Waals surface area contributed by atoms with E-state index in [1.165, 1.54) is 7.11 Å². The normalized spacial score (nSPS) is 25.8. The molecular weight excluding hydrogens is 350 g/mol. The number of fused-ring (bicyclic) bond motifs is 2. The Balaban J connectivity index is 1.56. The number of aromatic nitrogens is 1. The molecule has 2 aliphatic rings. The highest BCUT2D eigenvalue weighted by molar-refractivity contribution is 6.01. The fraction of sp³-hybridized carbons (Fsp3) is 0.421. The summed E-state index contributed by atoms with van der Waals surface area (Å²) in [6, 6.07) is 5.07. The van der Waals surface area contributed by atoms with Crippen molar-refractivity contribution in [3.63, 3.8) is 0 Å². The van der Waals surface area contributed by atoms with Crippen LogP contribution in [0.15, 0.2) is 24.4 Å². The number of amides is 2. The zero-order chi connectivity index (χ0) is 19.1. The van der Waals surface area contributed by atoms with Crippen LogP contribution in [0.1, 0.15) is 10.4 Å². The summed E-state index contributed by atoms with van der Waals surface area (Å²) in [4.78, 5) is 27.9. The van der Waals surface area contributed by atoms with Gasteiger partial charge in [-0.25, -0.2) is 4.98 Å². The number of nitrogens with zero attached hydrogens (tertiary/aromatic N) is 1. The number of primary amides is 1. The molecule has 0 spiro atoms. The van der Waals surface area contributed by atoms with Gasteiger partial charge in [0, 0.05) is 30.5 Å². The van der Waals surface area contributed by atoms with Gasteiger partial charge in [-0.15, -0.1) is 0 Å². The van der Waals surface area contributed by atoms with Crippen molar-refractivity contribution in [1.82, 2.24) is 10.3 Å². The lowest BCUT2D eigenvalue weighted by Gasteiger charge is -2.17. The Bertz CT molecular complexity index is 916. The van der Waals surface area contributed by atoms with Crippen LogP contribution < -0.4 is 20.5 Å². The highest BCUT2D eigenvalue weighted by Crippen LogP contribution is 2.52. The predicted octanol–water partition coefficient (Wildman–Crippen LogP) is 0.728. The summed E-state index contributed by atoms with van der Waals surface area (Å²) in [6.45, 7) is 0.901. The zero-order valence-corrected chi connectivity index (χ0v) is 15.1. The zero-order valence-electron chi connectivity index (χ0n) is 15.1. The van der Waals surface area contributed by atoms with E-state index in [1.54, 1.807) is 31.5 Å². The quantitative estimate of drug-likeness (QED) is 0.742. The molecule has 0 bridgehead atoms. The van der Waals surface area contributed by atoms with Gasteiger partial charge in [0.25, 0.3) is 5.91 Å². The third-order valence-electron chi connectivity index (χ3n) is 5.40. The number of ether oxygens (including phenoxy) is 3. The van der Waals surface area contributed by atoms with Gasteiger partial charge < -0.3 is 25.3 Å². The number of nitrogens with two attached hydrogens (primary N) is 1. The smallest absolute Gasteiger partial charge is 0.252 e. The second kappa shape index (κ2) is 6.70. The van der Waals surface area contributed by atoms with Crippen LogP contribution in [0.2, 0.25) is 0 Å². The van der Waals surface area contributed by atoms with Crippen molar-refractivity contribution in [2.45, 2.75) is 6.04 Å². The SMILES string of the molecule is COC[C@H]1[C@H]2C(=O)N[C@H](COc3nccc4cc(C(N)=O)c(OC)cc34)[C@@H]12. The molecule has 8 nitrogen and oxygen atoms in total. The number of hydrogen-bond donors (Lipinski definition) is 2. The van der Waals surface area contributed by atoms with Gasteiger partial charge in [0.1, 0.15) is 12.4 Å². The van der Waals surface area contributed by atoms with Gasteiger partial charge >= 0.3 is 0 Å². The molecule has 1 aliphatic carbocycles. The molecule has 1 saturated carbocycles. The Morgan fingerprint density at radius 1 is 1.30 bits per heavy atom. The Hall–Kier alpha value is -2.87. The van der Waals surface area contributed by atoms with E-state index in [-0.39, 0.29) is 29.7 Å². The maximum Gasteiger partial charge on any atom is 0.252 e. The van der Waals surface area contributed by atoms with Crippen molar-refractivity contribution in [2.75, 3.05) is 27.4 Å². The molecule has 3 N–H and O–H groups in total. The van der Waals surface area contributed by atoms with Gasteiger partial charge in [0.2, 0.25) is 11.8 Å². The summed E-state index contributed by atoms with van der Waals surface area (Å²) in [6.07, 6.45) is 1.61. The van der Waals surface area contributed by atoms with Gasteiger partial charge in [-0.05, 0) is 29.5 Å². The molecule has 1 aliphatic heterocycles. The summed E-state index contributed by atoms with van der Waals surface area (Å²) < 4.78 is 16.4.